The first-order valence-electron chi connectivity index (χ1n) is 6.68. The topological polar surface area (TPSA) is 17.0 Å². The molecule has 1 aromatic heterocycles. The fourth-order valence-corrected chi connectivity index (χ4v) is 2.15. The van der Waals surface area contributed by atoms with Crippen LogP contribution in [0.1, 0.15) is 37.8 Å². The maximum absolute atomic E-state index is 3.53. The van der Waals surface area contributed by atoms with Gasteiger partial charge < -0.3 is 9.88 Å². The van der Waals surface area contributed by atoms with Crippen molar-refractivity contribution in [1.29, 1.82) is 0 Å². The van der Waals surface area contributed by atoms with Gasteiger partial charge in [-0.1, -0.05) is 32.0 Å². The van der Waals surface area contributed by atoms with Crippen molar-refractivity contribution in [2.45, 2.75) is 39.8 Å². The first-order chi connectivity index (χ1) is 8.70. The minimum absolute atomic E-state index is 0.550. The first kappa shape index (κ1) is 12.7. The number of benzene rings is 1. The van der Waals surface area contributed by atoms with Crippen LogP contribution in [0.5, 0.6) is 0 Å². The molecule has 2 rings (SSSR count). The molecule has 0 bridgehead atoms. The van der Waals surface area contributed by atoms with E-state index < -0.39 is 0 Å². The molecule has 0 saturated heterocycles. The van der Waals surface area contributed by atoms with Crippen LogP contribution >= 0.6 is 0 Å². The highest BCUT2D eigenvalue weighted by molar-refractivity contribution is 5.52. The zero-order valence-corrected chi connectivity index (χ0v) is 11.5. The highest BCUT2D eigenvalue weighted by Gasteiger charge is 2.05. The van der Waals surface area contributed by atoms with Crippen molar-refractivity contribution in [1.82, 2.24) is 4.57 Å². The predicted molar refractivity (Wildman–Crippen MR) is 78.0 cm³/mol. The third-order valence-corrected chi connectivity index (χ3v) is 3.24. The summed E-state index contributed by atoms with van der Waals surface area (Å²) in [6, 6.07) is 10.7. The molecule has 0 radical (unpaired) electrons. The Labute approximate surface area is 110 Å². The monoisotopic (exact) mass is 242 g/mol. The van der Waals surface area contributed by atoms with E-state index in [4.69, 9.17) is 0 Å². The quantitative estimate of drug-likeness (QED) is 0.829. The minimum Gasteiger partial charge on any atom is -0.381 e. The van der Waals surface area contributed by atoms with Crippen molar-refractivity contribution >= 4 is 5.69 Å². The van der Waals surface area contributed by atoms with Gasteiger partial charge in [-0.15, -0.1) is 0 Å². The lowest BCUT2D eigenvalue weighted by molar-refractivity contribution is 0.766. The number of hydrogen-bond acceptors (Lipinski definition) is 1. The van der Waals surface area contributed by atoms with Crippen LogP contribution in [-0.2, 0) is 13.1 Å². The van der Waals surface area contributed by atoms with Gasteiger partial charge in [0.2, 0.25) is 0 Å². The molecule has 1 aromatic carbocycles. The van der Waals surface area contributed by atoms with Crippen LogP contribution in [0.2, 0.25) is 0 Å². The lowest BCUT2D eigenvalue weighted by atomic mass is 10.0. The second-order valence-electron chi connectivity index (χ2n) is 4.95. The molecule has 1 N–H and O–H groups in total. The van der Waals surface area contributed by atoms with Crippen LogP contribution in [-0.4, -0.2) is 4.57 Å². The summed E-state index contributed by atoms with van der Waals surface area (Å²) in [7, 11) is 0. The average Bonchev–Trinajstić information content (AvgIpc) is 2.84. The summed E-state index contributed by atoms with van der Waals surface area (Å²) in [4.78, 5) is 0. The van der Waals surface area contributed by atoms with Gasteiger partial charge in [-0.05, 0) is 36.1 Å². The average molecular weight is 242 g/mol. The van der Waals surface area contributed by atoms with Crippen molar-refractivity contribution in [2.75, 3.05) is 5.32 Å². The van der Waals surface area contributed by atoms with Crippen LogP contribution < -0.4 is 5.32 Å². The highest BCUT2D eigenvalue weighted by Crippen LogP contribution is 2.24. The molecule has 2 aromatic rings. The molecule has 0 aliphatic rings. The van der Waals surface area contributed by atoms with Crippen LogP contribution in [0.4, 0.5) is 5.69 Å². The standard InChI is InChI=1S/C16H22N2/c1-4-18-10-9-14(12-18)11-17-16-8-6-5-7-15(16)13(2)3/h5-10,12-13,17H,4,11H2,1-3H3. The Morgan fingerprint density at radius 2 is 1.94 bits per heavy atom. The molecule has 0 fully saturated rings. The molecular weight excluding hydrogens is 220 g/mol. The summed E-state index contributed by atoms with van der Waals surface area (Å²) in [5, 5.41) is 3.53. The number of nitrogens with one attached hydrogen (secondary N) is 1. The molecule has 2 nitrogen and oxygen atoms in total. The van der Waals surface area contributed by atoms with Crippen molar-refractivity contribution < 1.29 is 0 Å². The summed E-state index contributed by atoms with van der Waals surface area (Å²) in [5.41, 5.74) is 3.96. The van der Waals surface area contributed by atoms with Crippen molar-refractivity contribution in [2.24, 2.45) is 0 Å². The molecule has 0 saturated carbocycles. The number of hydrogen-bond donors (Lipinski definition) is 1. The summed E-state index contributed by atoms with van der Waals surface area (Å²) in [6.45, 7) is 8.53. The van der Waals surface area contributed by atoms with Crippen LogP contribution in [0.25, 0.3) is 0 Å². The molecule has 0 unspecified atom stereocenters. The summed E-state index contributed by atoms with van der Waals surface area (Å²) in [6.07, 6.45) is 4.33. The number of aromatic nitrogens is 1. The van der Waals surface area contributed by atoms with E-state index in [-0.39, 0.29) is 0 Å². The van der Waals surface area contributed by atoms with Crippen LogP contribution in [0.15, 0.2) is 42.7 Å². The third kappa shape index (κ3) is 2.95. The fourth-order valence-electron chi connectivity index (χ4n) is 2.15. The van der Waals surface area contributed by atoms with E-state index in [1.54, 1.807) is 0 Å². The maximum Gasteiger partial charge on any atom is 0.0415 e. The van der Waals surface area contributed by atoms with E-state index in [9.17, 15) is 0 Å². The summed E-state index contributed by atoms with van der Waals surface area (Å²) >= 11 is 0. The molecule has 0 spiro atoms. The SMILES string of the molecule is CCn1ccc(CNc2ccccc2C(C)C)c1. The normalized spacial score (nSPS) is 10.9. The van der Waals surface area contributed by atoms with E-state index in [0.29, 0.717) is 5.92 Å². The second kappa shape index (κ2) is 5.76. The van der Waals surface area contributed by atoms with E-state index in [2.05, 4.69) is 73.4 Å². The Kier molecular flexibility index (Phi) is 4.08. The van der Waals surface area contributed by atoms with Gasteiger partial charge in [-0.3, -0.25) is 0 Å². The molecule has 96 valence electrons. The molecule has 0 aliphatic heterocycles. The van der Waals surface area contributed by atoms with Gasteiger partial charge in [-0.2, -0.15) is 0 Å². The Morgan fingerprint density at radius 1 is 1.17 bits per heavy atom. The smallest absolute Gasteiger partial charge is 0.0415 e. The highest BCUT2D eigenvalue weighted by atomic mass is 14.9. The fraction of sp³-hybridized carbons (Fsp3) is 0.375. The van der Waals surface area contributed by atoms with Crippen LogP contribution in [0.3, 0.4) is 0 Å². The second-order valence-corrected chi connectivity index (χ2v) is 4.95. The maximum atomic E-state index is 3.53. The zero-order valence-electron chi connectivity index (χ0n) is 11.5. The lowest BCUT2D eigenvalue weighted by Crippen LogP contribution is -2.02. The molecule has 0 amide bonds. The number of para-hydroxylation sites is 1. The van der Waals surface area contributed by atoms with Crippen molar-refractivity contribution in [3.8, 4) is 0 Å². The molecule has 0 aliphatic carbocycles. The van der Waals surface area contributed by atoms with Gasteiger partial charge in [0.15, 0.2) is 0 Å². The van der Waals surface area contributed by atoms with Gasteiger partial charge >= 0.3 is 0 Å². The van der Waals surface area contributed by atoms with Crippen molar-refractivity contribution in [3.05, 3.63) is 53.9 Å². The van der Waals surface area contributed by atoms with Gasteiger partial charge in [0.25, 0.3) is 0 Å². The van der Waals surface area contributed by atoms with Gasteiger partial charge in [0.1, 0.15) is 0 Å². The van der Waals surface area contributed by atoms with E-state index in [1.807, 2.05) is 0 Å². The minimum atomic E-state index is 0.550. The Balaban J connectivity index is 2.05. The summed E-state index contributed by atoms with van der Waals surface area (Å²) in [5.74, 6) is 0.550. The van der Waals surface area contributed by atoms with Gasteiger partial charge in [-0.25, -0.2) is 0 Å². The number of nitrogens with zero attached hydrogens (tertiary/aromatic N) is 1. The van der Waals surface area contributed by atoms with E-state index in [0.717, 1.165) is 13.1 Å². The molecule has 2 heteroatoms. The van der Waals surface area contributed by atoms with E-state index >= 15 is 0 Å². The number of aryl methyl sites for hydroxylation is 1. The predicted octanol–water partition coefficient (Wildman–Crippen LogP) is 4.24. The Bertz CT molecular complexity index is 497. The first-order valence-corrected chi connectivity index (χ1v) is 6.68. The Hall–Kier alpha value is -1.70. The van der Waals surface area contributed by atoms with Crippen molar-refractivity contribution in [3.63, 3.8) is 0 Å². The Morgan fingerprint density at radius 3 is 2.61 bits per heavy atom. The summed E-state index contributed by atoms with van der Waals surface area (Å²) < 4.78 is 2.20. The number of rotatable bonds is 5. The third-order valence-electron chi connectivity index (χ3n) is 3.24. The van der Waals surface area contributed by atoms with Crippen LogP contribution in [0, 0.1) is 0 Å². The molecule has 0 atom stereocenters. The molecule has 1 heterocycles. The molecular formula is C16H22N2. The zero-order chi connectivity index (χ0) is 13.0. The lowest BCUT2D eigenvalue weighted by Gasteiger charge is -2.14. The number of anilines is 1. The molecule has 18 heavy (non-hydrogen) atoms. The van der Waals surface area contributed by atoms with E-state index in [1.165, 1.54) is 16.8 Å². The van der Waals surface area contributed by atoms with Gasteiger partial charge in [0.05, 0.1) is 0 Å². The van der Waals surface area contributed by atoms with Gasteiger partial charge in [0, 0.05) is 31.2 Å². The largest absolute Gasteiger partial charge is 0.381 e.